The first-order valence-corrected chi connectivity index (χ1v) is 12.7. The van der Waals surface area contributed by atoms with Gasteiger partial charge in [-0.3, -0.25) is 4.79 Å². The molecule has 7 rings (SSSR count). The quantitative estimate of drug-likeness (QED) is 0.263. The van der Waals surface area contributed by atoms with Crippen molar-refractivity contribution in [3.63, 3.8) is 0 Å². The Kier molecular flexibility index (Phi) is 4.90. The zero-order valence-electron chi connectivity index (χ0n) is 19.8. The van der Waals surface area contributed by atoms with Crippen molar-refractivity contribution in [2.45, 2.75) is 5.41 Å². The van der Waals surface area contributed by atoms with Crippen LogP contribution in [0.2, 0.25) is 0 Å². The largest absolute Gasteiger partial charge is 0.463 e. The van der Waals surface area contributed by atoms with Crippen LogP contribution < -0.4 is 10.6 Å². The summed E-state index contributed by atoms with van der Waals surface area (Å²) in [5.74, 6) is 0.715. The third kappa shape index (κ3) is 3.00. The minimum atomic E-state index is -1.48. The molecule has 2 aliphatic heterocycles. The van der Waals surface area contributed by atoms with Crippen molar-refractivity contribution >= 4 is 39.0 Å². The molecule has 1 amide bonds. The van der Waals surface area contributed by atoms with Crippen molar-refractivity contribution in [2.24, 2.45) is 0 Å². The van der Waals surface area contributed by atoms with Crippen molar-refractivity contribution in [1.82, 2.24) is 9.78 Å². The van der Waals surface area contributed by atoms with E-state index in [0.717, 1.165) is 15.7 Å². The Hall–Kier alpha value is -4.87. The Morgan fingerprint density at radius 3 is 2.42 bits per heavy atom. The van der Waals surface area contributed by atoms with Gasteiger partial charge in [0.25, 0.3) is 0 Å². The van der Waals surface area contributed by atoms with Crippen LogP contribution in [0.15, 0.2) is 112 Å². The molecule has 7 nitrogen and oxygen atoms in total. The van der Waals surface area contributed by atoms with Gasteiger partial charge in [-0.1, -0.05) is 64.5 Å². The van der Waals surface area contributed by atoms with Crippen LogP contribution >= 0.6 is 15.9 Å². The van der Waals surface area contributed by atoms with Gasteiger partial charge in [0, 0.05) is 26.9 Å². The Bertz CT molecular complexity index is 1800. The predicted molar refractivity (Wildman–Crippen MR) is 147 cm³/mol. The predicted octanol–water partition coefficient (Wildman–Crippen LogP) is 6.49. The van der Waals surface area contributed by atoms with Crippen LogP contribution in [0.1, 0.15) is 16.9 Å². The molecule has 38 heavy (non-hydrogen) atoms. The lowest BCUT2D eigenvalue weighted by Gasteiger charge is -2.34. The first-order valence-electron chi connectivity index (χ1n) is 11.9. The maximum absolute atomic E-state index is 14.3. The molecular weight excluding hydrogens is 542 g/mol. The molecule has 0 fully saturated rings. The first kappa shape index (κ1) is 22.3. The first-order chi connectivity index (χ1) is 18.6. The number of amides is 1. The van der Waals surface area contributed by atoms with E-state index in [9.17, 15) is 10.1 Å². The molecule has 0 aliphatic carbocycles. The highest BCUT2D eigenvalue weighted by molar-refractivity contribution is 9.10. The molecule has 1 unspecified atom stereocenters. The summed E-state index contributed by atoms with van der Waals surface area (Å²) in [6.45, 7) is 0. The Morgan fingerprint density at radius 2 is 1.71 bits per heavy atom. The molecular formula is C30H18BrN5O2. The van der Waals surface area contributed by atoms with Crippen molar-refractivity contribution in [1.29, 1.82) is 5.26 Å². The highest BCUT2D eigenvalue weighted by Gasteiger charge is 2.58. The Labute approximate surface area is 226 Å². The molecule has 3 aromatic carbocycles. The molecule has 2 N–H and O–H groups in total. The van der Waals surface area contributed by atoms with Crippen molar-refractivity contribution < 1.29 is 9.21 Å². The highest BCUT2D eigenvalue weighted by atomic mass is 79.9. The average Bonchev–Trinajstić information content (AvgIpc) is 3.68. The molecule has 5 aromatic rings. The molecule has 182 valence electrons. The van der Waals surface area contributed by atoms with Crippen LogP contribution in [-0.4, -0.2) is 15.7 Å². The molecule has 8 heteroatoms. The second-order valence-corrected chi connectivity index (χ2v) is 9.96. The lowest BCUT2D eigenvalue weighted by Crippen LogP contribution is -2.41. The molecule has 2 aromatic heterocycles. The molecule has 0 bridgehead atoms. The van der Waals surface area contributed by atoms with Crippen molar-refractivity contribution in [3.8, 4) is 23.0 Å². The van der Waals surface area contributed by atoms with Crippen LogP contribution in [0.5, 0.6) is 0 Å². The van der Waals surface area contributed by atoms with Gasteiger partial charge in [0.1, 0.15) is 11.2 Å². The third-order valence-electron chi connectivity index (χ3n) is 7.03. The zero-order valence-corrected chi connectivity index (χ0v) is 21.4. The van der Waals surface area contributed by atoms with Crippen LogP contribution in [0, 0.1) is 11.3 Å². The smallest absolute Gasteiger partial charge is 0.245 e. The van der Waals surface area contributed by atoms with E-state index in [4.69, 9.17) is 9.52 Å². The molecule has 4 heterocycles. The topological polar surface area (TPSA) is 95.9 Å². The van der Waals surface area contributed by atoms with Gasteiger partial charge in [-0.05, 0) is 42.5 Å². The number of para-hydroxylation sites is 1. The van der Waals surface area contributed by atoms with Gasteiger partial charge in [0.05, 0.1) is 35.0 Å². The average molecular weight is 560 g/mol. The SMILES string of the molecule is N#CC1=C(c2ccco2)Nc2c(c(-c3ccccc3)nn2-c2ccccc2)C12C(=O)Nc1ccc(Br)cc12. The normalized spacial score (nSPS) is 17.5. The number of nitriles is 1. The van der Waals surface area contributed by atoms with Crippen LogP contribution in [0.3, 0.4) is 0 Å². The fourth-order valence-corrected chi connectivity index (χ4v) is 5.81. The number of anilines is 2. The fourth-order valence-electron chi connectivity index (χ4n) is 5.45. The molecule has 1 atom stereocenters. The molecule has 0 saturated heterocycles. The van der Waals surface area contributed by atoms with E-state index in [2.05, 4.69) is 32.6 Å². The van der Waals surface area contributed by atoms with Gasteiger partial charge < -0.3 is 15.1 Å². The molecule has 1 spiro atoms. The lowest BCUT2D eigenvalue weighted by molar-refractivity contribution is -0.118. The van der Waals surface area contributed by atoms with E-state index in [1.54, 1.807) is 23.1 Å². The van der Waals surface area contributed by atoms with Crippen LogP contribution in [0.4, 0.5) is 11.5 Å². The van der Waals surface area contributed by atoms with Gasteiger partial charge >= 0.3 is 0 Å². The number of halogens is 1. The highest BCUT2D eigenvalue weighted by Crippen LogP contribution is 2.57. The number of nitrogens with zero attached hydrogens (tertiary/aromatic N) is 3. The number of benzene rings is 3. The molecule has 0 radical (unpaired) electrons. The number of rotatable bonds is 3. The lowest BCUT2D eigenvalue weighted by atomic mass is 9.67. The van der Waals surface area contributed by atoms with Gasteiger partial charge in [-0.2, -0.15) is 10.4 Å². The van der Waals surface area contributed by atoms with E-state index in [1.165, 1.54) is 0 Å². The minimum Gasteiger partial charge on any atom is -0.463 e. The second kappa shape index (κ2) is 8.33. The number of hydrogen-bond donors (Lipinski definition) is 2. The number of fused-ring (bicyclic) bond motifs is 4. The van der Waals surface area contributed by atoms with E-state index in [-0.39, 0.29) is 11.5 Å². The number of nitrogens with one attached hydrogen (secondary N) is 2. The number of aromatic nitrogens is 2. The van der Waals surface area contributed by atoms with Crippen molar-refractivity contribution in [2.75, 3.05) is 10.6 Å². The van der Waals surface area contributed by atoms with Gasteiger partial charge in [-0.15, -0.1) is 0 Å². The van der Waals surface area contributed by atoms with E-state index >= 15 is 0 Å². The summed E-state index contributed by atoms with van der Waals surface area (Å²) < 4.78 is 8.35. The summed E-state index contributed by atoms with van der Waals surface area (Å²) in [7, 11) is 0. The number of furan rings is 1. The Morgan fingerprint density at radius 1 is 0.947 bits per heavy atom. The van der Waals surface area contributed by atoms with Crippen molar-refractivity contribution in [3.05, 3.63) is 124 Å². The fraction of sp³-hybridized carbons (Fsp3) is 0.0333. The Balaban J connectivity index is 1.67. The van der Waals surface area contributed by atoms with Crippen LogP contribution in [-0.2, 0) is 10.2 Å². The standard InChI is InChI=1S/C30H18BrN5O2/c31-19-13-14-23-21(16-19)30(29(37)33-23)22(17-32)27(24-12-7-15-38-24)34-28-25(30)26(18-8-3-1-4-9-18)35-36(28)20-10-5-2-6-11-20/h1-16,34H,(H,33,37). The molecule has 2 aliphatic rings. The maximum Gasteiger partial charge on any atom is 0.245 e. The number of carbonyl (C=O) groups excluding carboxylic acids is 1. The third-order valence-corrected chi connectivity index (χ3v) is 7.52. The van der Waals surface area contributed by atoms with E-state index in [1.807, 2.05) is 78.9 Å². The number of carbonyl (C=O) groups is 1. The van der Waals surface area contributed by atoms with Gasteiger partial charge in [0.15, 0.2) is 5.76 Å². The summed E-state index contributed by atoms with van der Waals surface area (Å²) in [4.78, 5) is 14.3. The second-order valence-electron chi connectivity index (χ2n) is 9.04. The number of hydrogen-bond acceptors (Lipinski definition) is 5. The van der Waals surface area contributed by atoms with E-state index in [0.29, 0.717) is 39.8 Å². The summed E-state index contributed by atoms with van der Waals surface area (Å²) >= 11 is 3.58. The summed E-state index contributed by atoms with van der Waals surface area (Å²) in [6, 6.07) is 30.9. The zero-order chi connectivity index (χ0) is 25.9. The maximum atomic E-state index is 14.3. The minimum absolute atomic E-state index is 0.235. The monoisotopic (exact) mass is 559 g/mol. The molecule has 0 saturated carbocycles. The summed E-state index contributed by atoms with van der Waals surface area (Å²) in [5.41, 5.74) is 3.34. The van der Waals surface area contributed by atoms with E-state index < -0.39 is 5.41 Å². The summed E-state index contributed by atoms with van der Waals surface area (Å²) in [6.07, 6.45) is 1.55. The van der Waals surface area contributed by atoms with Gasteiger partial charge in [-0.25, -0.2) is 4.68 Å². The summed E-state index contributed by atoms with van der Waals surface area (Å²) in [5, 5.41) is 22.3. The van der Waals surface area contributed by atoms with Crippen LogP contribution in [0.25, 0.3) is 22.6 Å². The van der Waals surface area contributed by atoms with Gasteiger partial charge in [0.2, 0.25) is 5.91 Å².